The lowest BCUT2D eigenvalue weighted by molar-refractivity contribution is 0.232. The topological polar surface area (TPSA) is 66.7 Å². The molecule has 0 aliphatic rings. The number of benzene rings is 1. The van der Waals surface area contributed by atoms with Gasteiger partial charge in [-0.05, 0) is 30.5 Å². The highest BCUT2D eigenvalue weighted by Gasteiger charge is 2.13. The van der Waals surface area contributed by atoms with E-state index in [2.05, 4.69) is 29.3 Å². The zero-order valence-electron chi connectivity index (χ0n) is 13.6. The number of pyridine rings is 1. The molecule has 5 heteroatoms. The van der Waals surface area contributed by atoms with Crippen LogP contribution in [0.1, 0.15) is 37.8 Å². The SMILES string of the molecule is CCC(CC)N=C(NO)c1cccnc1OCc1ccccc1. The molecule has 0 saturated carbocycles. The van der Waals surface area contributed by atoms with Crippen molar-refractivity contribution in [3.05, 3.63) is 59.8 Å². The summed E-state index contributed by atoms with van der Waals surface area (Å²) < 4.78 is 5.81. The molecule has 0 spiro atoms. The average Bonchev–Trinajstić information content (AvgIpc) is 2.62. The van der Waals surface area contributed by atoms with Gasteiger partial charge in [-0.15, -0.1) is 0 Å². The molecule has 0 atom stereocenters. The van der Waals surface area contributed by atoms with Gasteiger partial charge in [-0.1, -0.05) is 44.2 Å². The van der Waals surface area contributed by atoms with Gasteiger partial charge in [0.1, 0.15) is 6.61 Å². The molecule has 2 rings (SSSR count). The molecule has 23 heavy (non-hydrogen) atoms. The molecule has 0 radical (unpaired) electrons. The highest BCUT2D eigenvalue weighted by atomic mass is 16.5. The first-order valence-electron chi connectivity index (χ1n) is 7.88. The van der Waals surface area contributed by atoms with E-state index in [1.807, 2.05) is 36.4 Å². The Hall–Kier alpha value is -2.40. The number of hydrogen-bond donors (Lipinski definition) is 2. The maximum atomic E-state index is 9.46. The second kappa shape index (κ2) is 8.90. The van der Waals surface area contributed by atoms with Crippen molar-refractivity contribution in [2.75, 3.05) is 0 Å². The van der Waals surface area contributed by atoms with E-state index in [1.165, 1.54) is 0 Å². The molecule has 0 aliphatic heterocycles. The van der Waals surface area contributed by atoms with Crippen molar-refractivity contribution in [1.29, 1.82) is 0 Å². The fourth-order valence-corrected chi connectivity index (χ4v) is 2.22. The number of ether oxygens (including phenoxy) is 1. The molecule has 2 N–H and O–H groups in total. The summed E-state index contributed by atoms with van der Waals surface area (Å²) in [6.45, 7) is 4.56. The number of hydroxylamine groups is 1. The van der Waals surface area contributed by atoms with E-state index < -0.39 is 0 Å². The Bertz CT molecular complexity index is 625. The summed E-state index contributed by atoms with van der Waals surface area (Å²) in [7, 11) is 0. The van der Waals surface area contributed by atoms with E-state index in [9.17, 15) is 5.21 Å². The Morgan fingerprint density at radius 3 is 2.57 bits per heavy atom. The van der Waals surface area contributed by atoms with Gasteiger partial charge in [-0.25, -0.2) is 4.98 Å². The van der Waals surface area contributed by atoms with Gasteiger partial charge in [0.15, 0.2) is 5.84 Å². The molecular formula is C18H23N3O2. The van der Waals surface area contributed by atoms with E-state index in [1.54, 1.807) is 12.3 Å². The Labute approximate surface area is 137 Å². The van der Waals surface area contributed by atoms with Gasteiger partial charge in [0.2, 0.25) is 5.88 Å². The number of hydrogen-bond acceptors (Lipinski definition) is 4. The molecule has 0 aliphatic carbocycles. The summed E-state index contributed by atoms with van der Waals surface area (Å²) in [6.07, 6.45) is 3.47. The molecule has 0 fully saturated rings. The highest BCUT2D eigenvalue weighted by Crippen LogP contribution is 2.17. The summed E-state index contributed by atoms with van der Waals surface area (Å²) >= 11 is 0. The van der Waals surface area contributed by atoms with E-state index in [-0.39, 0.29) is 6.04 Å². The van der Waals surface area contributed by atoms with Crippen molar-refractivity contribution in [2.45, 2.75) is 39.3 Å². The lowest BCUT2D eigenvalue weighted by Crippen LogP contribution is -2.24. The molecule has 0 unspecified atom stereocenters. The first kappa shape index (κ1) is 17.0. The summed E-state index contributed by atoms with van der Waals surface area (Å²) in [5, 5.41) is 9.46. The van der Waals surface area contributed by atoms with Crippen LogP contribution in [0.25, 0.3) is 0 Å². The summed E-state index contributed by atoms with van der Waals surface area (Å²) in [5.41, 5.74) is 3.89. The number of nitrogens with one attached hydrogen (secondary N) is 1. The van der Waals surface area contributed by atoms with Crippen LogP contribution in [0.4, 0.5) is 0 Å². The second-order valence-electron chi connectivity index (χ2n) is 5.19. The van der Waals surface area contributed by atoms with Gasteiger partial charge in [-0.2, -0.15) is 0 Å². The quantitative estimate of drug-likeness (QED) is 0.466. The van der Waals surface area contributed by atoms with Crippen LogP contribution in [-0.2, 0) is 6.61 Å². The second-order valence-corrected chi connectivity index (χ2v) is 5.19. The van der Waals surface area contributed by atoms with Crippen molar-refractivity contribution >= 4 is 5.84 Å². The first-order chi connectivity index (χ1) is 11.3. The van der Waals surface area contributed by atoms with Gasteiger partial charge < -0.3 is 4.74 Å². The van der Waals surface area contributed by atoms with Crippen LogP contribution in [0.5, 0.6) is 5.88 Å². The molecular weight excluding hydrogens is 290 g/mol. The van der Waals surface area contributed by atoms with Crippen molar-refractivity contribution in [2.24, 2.45) is 4.99 Å². The molecule has 1 heterocycles. The van der Waals surface area contributed by atoms with E-state index >= 15 is 0 Å². The predicted molar refractivity (Wildman–Crippen MR) is 90.8 cm³/mol. The predicted octanol–water partition coefficient (Wildman–Crippen LogP) is 3.57. The minimum atomic E-state index is 0.145. The lowest BCUT2D eigenvalue weighted by Gasteiger charge is -2.14. The molecule has 0 amide bonds. The van der Waals surface area contributed by atoms with Crippen LogP contribution in [0.15, 0.2) is 53.7 Å². The fraction of sp³-hybridized carbons (Fsp3) is 0.333. The maximum Gasteiger partial charge on any atom is 0.224 e. The van der Waals surface area contributed by atoms with Crippen molar-refractivity contribution in [3.8, 4) is 5.88 Å². The third kappa shape index (κ3) is 4.79. The standard InChI is InChI=1S/C18H23N3O2/c1-3-15(4-2)20-17(21-22)16-11-8-12-19-18(16)23-13-14-9-6-5-7-10-14/h5-12,15,22H,3-4,13H2,1-2H3,(H,20,21). The molecule has 122 valence electrons. The van der Waals surface area contributed by atoms with Gasteiger partial charge in [-0.3, -0.25) is 15.7 Å². The Morgan fingerprint density at radius 2 is 1.91 bits per heavy atom. The fourth-order valence-electron chi connectivity index (χ4n) is 2.22. The average molecular weight is 313 g/mol. The molecule has 1 aromatic heterocycles. The minimum Gasteiger partial charge on any atom is -0.472 e. The van der Waals surface area contributed by atoms with Crippen molar-refractivity contribution in [1.82, 2.24) is 10.5 Å². The lowest BCUT2D eigenvalue weighted by atomic mass is 10.1. The smallest absolute Gasteiger partial charge is 0.224 e. The maximum absolute atomic E-state index is 9.46. The van der Waals surface area contributed by atoms with Gasteiger partial charge in [0, 0.05) is 6.20 Å². The summed E-state index contributed by atoms with van der Waals surface area (Å²) in [4.78, 5) is 8.82. The van der Waals surface area contributed by atoms with Gasteiger partial charge in [0.25, 0.3) is 0 Å². The molecule has 5 nitrogen and oxygen atoms in total. The van der Waals surface area contributed by atoms with Crippen LogP contribution < -0.4 is 10.2 Å². The third-order valence-electron chi connectivity index (χ3n) is 3.60. The third-order valence-corrected chi connectivity index (χ3v) is 3.60. The zero-order valence-corrected chi connectivity index (χ0v) is 13.6. The number of aliphatic imine (C=N–C) groups is 1. The van der Waals surface area contributed by atoms with Crippen LogP contribution in [0, 0.1) is 0 Å². The van der Waals surface area contributed by atoms with Crippen molar-refractivity contribution in [3.63, 3.8) is 0 Å². The monoisotopic (exact) mass is 313 g/mol. The van der Waals surface area contributed by atoms with Crippen LogP contribution in [0.2, 0.25) is 0 Å². The first-order valence-corrected chi connectivity index (χ1v) is 7.88. The molecule has 0 saturated heterocycles. The number of aromatic nitrogens is 1. The van der Waals surface area contributed by atoms with Gasteiger partial charge >= 0.3 is 0 Å². The van der Waals surface area contributed by atoms with E-state index in [4.69, 9.17) is 4.74 Å². The number of amidine groups is 1. The van der Waals surface area contributed by atoms with E-state index in [0.29, 0.717) is 23.9 Å². The van der Waals surface area contributed by atoms with Crippen molar-refractivity contribution < 1.29 is 9.94 Å². The van der Waals surface area contributed by atoms with Crippen LogP contribution in [0.3, 0.4) is 0 Å². The minimum absolute atomic E-state index is 0.145. The zero-order chi connectivity index (χ0) is 16.5. The summed E-state index contributed by atoms with van der Waals surface area (Å²) in [6, 6.07) is 13.7. The van der Waals surface area contributed by atoms with Gasteiger partial charge in [0.05, 0.1) is 11.6 Å². The van der Waals surface area contributed by atoms with E-state index in [0.717, 1.165) is 18.4 Å². The highest BCUT2D eigenvalue weighted by molar-refractivity contribution is 6.00. The largest absolute Gasteiger partial charge is 0.472 e. The van der Waals surface area contributed by atoms with Crippen LogP contribution >= 0.6 is 0 Å². The Balaban J connectivity index is 2.21. The normalized spacial score (nSPS) is 11.6. The Kier molecular flexibility index (Phi) is 6.56. The Morgan fingerprint density at radius 1 is 1.17 bits per heavy atom. The molecule has 2 aromatic rings. The van der Waals surface area contributed by atoms with Crippen LogP contribution in [-0.4, -0.2) is 22.1 Å². The molecule has 1 aromatic carbocycles. The summed E-state index contributed by atoms with van der Waals surface area (Å²) in [5.74, 6) is 0.831. The molecule has 0 bridgehead atoms. The number of nitrogens with zero attached hydrogens (tertiary/aromatic N) is 2. The number of rotatable bonds is 7.